The molecule has 1 rings (SSSR count). The molecule has 0 heterocycles. The van der Waals surface area contributed by atoms with E-state index in [1.807, 2.05) is 13.8 Å². The average molecular weight is 273 g/mol. The average Bonchev–Trinajstić information content (AvgIpc) is 2.17. The minimum Gasteiger partial charge on any atom is -0.294 e. The normalized spacial score (nSPS) is 12.5. The predicted molar refractivity (Wildman–Crippen MR) is 62.5 cm³/mol. The summed E-state index contributed by atoms with van der Waals surface area (Å²) >= 11 is 3.20. The number of ketones is 1. The molecule has 1 aromatic carbocycles. The van der Waals surface area contributed by atoms with Crippen LogP contribution in [0.1, 0.15) is 37.0 Å². The Morgan fingerprint density at radius 2 is 2.20 bits per heavy atom. The number of hydrogen-bond donors (Lipinski definition) is 0. The molecular weight excluding hydrogens is 259 g/mol. The fourth-order valence-electron chi connectivity index (χ4n) is 1.33. The van der Waals surface area contributed by atoms with E-state index in [1.54, 1.807) is 12.1 Å². The topological polar surface area (TPSA) is 17.1 Å². The molecule has 0 aliphatic rings. The van der Waals surface area contributed by atoms with Gasteiger partial charge < -0.3 is 0 Å². The maximum Gasteiger partial charge on any atom is 0.167 e. The van der Waals surface area contributed by atoms with E-state index < -0.39 is 5.82 Å². The third-order valence-corrected chi connectivity index (χ3v) is 3.13. The van der Waals surface area contributed by atoms with Gasteiger partial charge in [0.25, 0.3) is 0 Å². The fourth-order valence-corrected chi connectivity index (χ4v) is 1.89. The highest BCUT2D eigenvalue weighted by Crippen LogP contribution is 2.23. The number of rotatable bonds is 4. The molecule has 1 nitrogen and oxygen atoms in total. The second-order valence-corrected chi connectivity index (χ2v) is 4.59. The van der Waals surface area contributed by atoms with Gasteiger partial charge in [-0.05, 0) is 34.0 Å². The van der Waals surface area contributed by atoms with Crippen molar-refractivity contribution in [2.45, 2.75) is 26.7 Å². The summed E-state index contributed by atoms with van der Waals surface area (Å²) in [5, 5.41) is 0. The highest BCUT2D eigenvalue weighted by atomic mass is 79.9. The first-order valence-electron chi connectivity index (χ1n) is 5.03. The Balaban J connectivity index is 2.91. The third kappa shape index (κ3) is 3.13. The van der Waals surface area contributed by atoms with Gasteiger partial charge in [-0.2, -0.15) is 0 Å². The van der Waals surface area contributed by atoms with Gasteiger partial charge in [0.05, 0.1) is 5.56 Å². The van der Waals surface area contributed by atoms with Gasteiger partial charge in [-0.15, -0.1) is 0 Å². The largest absolute Gasteiger partial charge is 0.294 e. The van der Waals surface area contributed by atoms with Crippen LogP contribution in [0.5, 0.6) is 0 Å². The maximum absolute atomic E-state index is 13.4. The molecule has 0 saturated heterocycles. The Morgan fingerprint density at radius 3 is 2.73 bits per heavy atom. The van der Waals surface area contributed by atoms with Gasteiger partial charge in [0, 0.05) is 10.9 Å². The summed E-state index contributed by atoms with van der Waals surface area (Å²) < 4.78 is 13.9. The van der Waals surface area contributed by atoms with Gasteiger partial charge in [-0.3, -0.25) is 4.79 Å². The summed E-state index contributed by atoms with van der Waals surface area (Å²) in [5.41, 5.74) is 0.179. The molecule has 0 bridgehead atoms. The first kappa shape index (κ1) is 12.4. The lowest BCUT2D eigenvalue weighted by Gasteiger charge is -2.09. The molecule has 3 heteroatoms. The quantitative estimate of drug-likeness (QED) is 0.751. The van der Waals surface area contributed by atoms with Gasteiger partial charge in [-0.25, -0.2) is 4.39 Å². The van der Waals surface area contributed by atoms with Crippen molar-refractivity contribution in [3.05, 3.63) is 34.1 Å². The van der Waals surface area contributed by atoms with Crippen LogP contribution in [-0.4, -0.2) is 5.78 Å². The number of Topliss-reactive ketones (excluding diaryl/α,β-unsaturated/α-hetero) is 1. The van der Waals surface area contributed by atoms with Crippen molar-refractivity contribution >= 4 is 21.7 Å². The fraction of sp³-hybridized carbons (Fsp3) is 0.417. The monoisotopic (exact) mass is 272 g/mol. The Labute approximate surface area is 97.8 Å². The van der Waals surface area contributed by atoms with Gasteiger partial charge in [0.15, 0.2) is 5.78 Å². The molecule has 0 aromatic heterocycles. The molecule has 0 amide bonds. The highest BCUT2D eigenvalue weighted by molar-refractivity contribution is 9.10. The van der Waals surface area contributed by atoms with Gasteiger partial charge >= 0.3 is 0 Å². The van der Waals surface area contributed by atoms with E-state index >= 15 is 0 Å². The molecule has 1 aromatic rings. The van der Waals surface area contributed by atoms with Crippen molar-refractivity contribution in [3.8, 4) is 0 Å². The zero-order valence-electron chi connectivity index (χ0n) is 8.89. The van der Waals surface area contributed by atoms with Crippen LogP contribution in [0.15, 0.2) is 22.7 Å². The second-order valence-electron chi connectivity index (χ2n) is 3.74. The number of halogens is 2. The van der Waals surface area contributed by atoms with E-state index in [4.69, 9.17) is 0 Å². The van der Waals surface area contributed by atoms with E-state index in [-0.39, 0.29) is 11.3 Å². The summed E-state index contributed by atoms with van der Waals surface area (Å²) in [6.07, 6.45) is 1.33. The number of carbonyl (C=O) groups is 1. The molecular formula is C12H14BrFO. The van der Waals surface area contributed by atoms with Crippen LogP contribution in [-0.2, 0) is 0 Å². The highest BCUT2D eigenvalue weighted by Gasteiger charge is 2.16. The van der Waals surface area contributed by atoms with E-state index in [0.717, 1.165) is 6.42 Å². The SMILES string of the molecule is CCC(C)CC(=O)c1c(F)cccc1Br. The molecule has 0 aliphatic carbocycles. The Kier molecular flexibility index (Phi) is 4.45. The minimum atomic E-state index is -0.447. The van der Waals surface area contributed by atoms with Crippen molar-refractivity contribution in [1.29, 1.82) is 0 Å². The van der Waals surface area contributed by atoms with Crippen LogP contribution in [0.4, 0.5) is 4.39 Å². The van der Waals surface area contributed by atoms with Crippen molar-refractivity contribution in [3.63, 3.8) is 0 Å². The summed E-state index contributed by atoms with van der Waals surface area (Å²) in [6.45, 7) is 4.01. The van der Waals surface area contributed by atoms with E-state index in [0.29, 0.717) is 16.8 Å². The lowest BCUT2D eigenvalue weighted by Crippen LogP contribution is -2.08. The molecule has 82 valence electrons. The Morgan fingerprint density at radius 1 is 1.53 bits per heavy atom. The zero-order valence-corrected chi connectivity index (χ0v) is 10.5. The van der Waals surface area contributed by atoms with E-state index in [2.05, 4.69) is 15.9 Å². The summed E-state index contributed by atoms with van der Waals surface area (Å²) in [5.74, 6) is -0.281. The van der Waals surface area contributed by atoms with Crippen molar-refractivity contribution in [1.82, 2.24) is 0 Å². The number of hydrogen-bond acceptors (Lipinski definition) is 1. The zero-order chi connectivity index (χ0) is 11.4. The van der Waals surface area contributed by atoms with Crippen LogP contribution < -0.4 is 0 Å². The Hall–Kier alpha value is -0.700. The molecule has 0 fully saturated rings. The third-order valence-electron chi connectivity index (χ3n) is 2.47. The second kappa shape index (κ2) is 5.40. The van der Waals surface area contributed by atoms with Crippen molar-refractivity contribution in [2.75, 3.05) is 0 Å². The summed E-state index contributed by atoms with van der Waals surface area (Å²) in [6, 6.07) is 4.58. The number of carbonyl (C=O) groups excluding carboxylic acids is 1. The maximum atomic E-state index is 13.4. The smallest absolute Gasteiger partial charge is 0.167 e. The minimum absolute atomic E-state index is 0.130. The van der Waals surface area contributed by atoms with E-state index in [9.17, 15) is 9.18 Å². The van der Waals surface area contributed by atoms with E-state index in [1.165, 1.54) is 6.07 Å². The van der Waals surface area contributed by atoms with Crippen LogP contribution in [0.2, 0.25) is 0 Å². The molecule has 1 unspecified atom stereocenters. The molecule has 0 spiro atoms. The van der Waals surface area contributed by atoms with Crippen LogP contribution in [0, 0.1) is 11.7 Å². The Bertz CT molecular complexity index is 342. The molecule has 0 saturated carbocycles. The number of benzene rings is 1. The first-order chi connectivity index (χ1) is 7.06. The van der Waals surface area contributed by atoms with Crippen LogP contribution >= 0.6 is 15.9 Å². The first-order valence-corrected chi connectivity index (χ1v) is 5.82. The predicted octanol–water partition coefficient (Wildman–Crippen LogP) is 4.21. The molecule has 1 atom stereocenters. The molecule has 15 heavy (non-hydrogen) atoms. The van der Waals surface area contributed by atoms with Gasteiger partial charge in [0.1, 0.15) is 5.82 Å². The van der Waals surface area contributed by atoms with Crippen LogP contribution in [0.3, 0.4) is 0 Å². The van der Waals surface area contributed by atoms with Crippen molar-refractivity contribution < 1.29 is 9.18 Å². The van der Waals surface area contributed by atoms with Crippen molar-refractivity contribution in [2.24, 2.45) is 5.92 Å². The lowest BCUT2D eigenvalue weighted by molar-refractivity contribution is 0.0959. The summed E-state index contributed by atoms with van der Waals surface area (Å²) in [7, 11) is 0. The standard InChI is InChI=1S/C12H14BrFO/c1-3-8(2)7-11(15)12-9(13)5-4-6-10(12)14/h4-6,8H,3,7H2,1-2H3. The summed E-state index contributed by atoms with van der Waals surface area (Å²) in [4.78, 5) is 11.8. The molecule has 0 radical (unpaired) electrons. The molecule has 0 N–H and O–H groups in total. The van der Waals surface area contributed by atoms with Crippen LogP contribution in [0.25, 0.3) is 0 Å². The van der Waals surface area contributed by atoms with Gasteiger partial charge in [-0.1, -0.05) is 26.3 Å². The molecule has 0 aliphatic heterocycles. The van der Waals surface area contributed by atoms with Gasteiger partial charge in [0.2, 0.25) is 0 Å². The lowest BCUT2D eigenvalue weighted by atomic mass is 9.97.